The molecule has 23 heavy (non-hydrogen) atoms. The van der Waals surface area contributed by atoms with E-state index in [-0.39, 0.29) is 18.2 Å². The zero-order valence-corrected chi connectivity index (χ0v) is 12.8. The average Bonchev–Trinajstić information content (AvgIpc) is 2.59. The van der Waals surface area contributed by atoms with Gasteiger partial charge in [0.15, 0.2) is 0 Å². The average molecular weight is 308 g/mol. The summed E-state index contributed by atoms with van der Waals surface area (Å²) in [7, 11) is 0. The lowest BCUT2D eigenvalue weighted by molar-refractivity contribution is 0.265. The smallest absolute Gasteiger partial charge is 0.252 e. The molecule has 0 aliphatic carbocycles. The summed E-state index contributed by atoms with van der Waals surface area (Å²) >= 11 is 0. The Kier molecular flexibility index (Phi) is 4.86. The van der Waals surface area contributed by atoms with Crippen LogP contribution in [0.3, 0.4) is 0 Å². The monoisotopic (exact) mass is 308 g/mol. The van der Waals surface area contributed by atoms with Crippen LogP contribution in [-0.4, -0.2) is 16.7 Å². The highest BCUT2D eigenvalue weighted by Crippen LogP contribution is 2.17. The van der Waals surface area contributed by atoms with Crippen LogP contribution in [0.4, 0.5) is 0 Å². The van der Waals surface area contributed by atoms with Crippen LogP contribution in [0.25, 0.3) is 10.9 Å². The quantitative estimate of drug-likeness (QED) is 0.656. The SMILES string of the molecule is O=c1[nH]c2ccccc2cc1CN[C@H](CCO)c1ccccc1. The molecule has 0 bridgehead atoms. The lowest BCUT2D eigenvalue weighted by Gasteiger charge is -2.18. The van der Waals surface area contributed by atoms with Crippen LogP contribution >= 0.6 is 0 Å². The van der Waals surface area contributed by atoms with Gasteiger partial charge in [0.05, 0.1) is 0 Å². The molecule has 4 heteroatoms. The van der Waals surface area contributed by atoms with Gasteiger partial charge >= 0.3 is 0 Å². The molecule has 0 amide bonds. The van der Waals surface area contributed by atoms with Gasteiger partial charge in [-0.25, -0.2) is 0 Å². The topological polar surface area (TPSA) is 65.1 Å². The molecule has 3 rings (SSSR count). The van der Waals surface area contributed by atoms with Crippen molar-refractivity contribution in [3.05, 3.63) is 82.1 Å². The zero-order chi connectivity index (χ0) is 16.1. The molecular weight excluding hydrogens is 288 g/mol. The molecule has 118 valence electrons. The van der Waals surface area contributed by atoms with Crippen molar-refractivity contribution in [1.82, 2.24) is 10.3 Å². The van der Waals surface area contributed by atoms with Gasteiger partial charge in [-0.15, -0.1) is 0 Å². The van der Waals surface area contributed by atoms with Gasteiger partial charge in [-0.05, 0) is 29.5 Å². The number of para-hydroxylation sites is 1. The molecule has 2 aromatic carbocycles. The summed E-state index contributed by atoms with van der Waals surface area (Å²) in [5.41, 5.74) is 2.57. The van der Waals surface area contributed by atoms with E-state index in [9.17, 15) is 9.90 Å². The Morgan fingerprint density at radius 3 is 2.57 bits per heavy atom. The normalized spacial score (nSPS) is 12.4. The summed E-state index contributed by atoms with van der Waals surface area (Å²) in [6, 6.07) is 19.6. The van der Waals surface area contributed by atoms with Crippen molar-refractivity contribution < 1.29 is 5.11 Å². The number of aromatic nitrogens is 1. The number of nitrogens with one attached hydrogen (secondary N) is 2. The Morgan fingerprint density at radius 1 is 1.04 bits per heavy atom. The predicted molar refractivity (Wildman–Crippen MR) is 92.3 cm³/mol. The number of H-pyrrole nitrogens is 1. The second-order valence-corrected chi connectivity index (χ2v) is 5.57. The van der Waals surface area contributed by atoms with E-state index in [0.29, 0.717) is 18.5 Å². The molecule has 0 aliphatic heterocycles. The maximum atomic E-state index is 12.2. The van der Waals surface area contributed by atoms with Crippen LogP contribution in [0.1, 0.15) is 23.6 Å². The number of pyridine rings is 1. The number of rotatable bonds is 6. The first-order valence-electron chi connectivity index (χ1n) is 7.78. The molecule has 0 saturated carbocycles. The highest BCUT2D eigenvalue weighted by atomic mass is 16.3. The first-order chi connectivity index (χ1) is 11.3. The Hall–Kier alpha value is -2.43. The number of hydrogen-bond donors (Lipinski definition) is 3. The second kappa shape index (κ2) is 7.22. The van der Waals surface area contributed by atoms with E-state index in [4.69, 9.17) is 0 Å². The summed E-state index contributed by atoms with van der Waals surface area (Å²) in [6.45, 7) is 0.556. The fraction of sp³-hybridized carbons (Fsp3) is 0.211. The summed E-state index contributed by atoms with van der Waals surface area (Å²) in [6.07, 6.45) is 0.607. The van der Waals surface area contributed by atoms with Crippen molar-refractivity contribution in [3.63, 3.8) is 0 Å². The highest BCUT2D eigenvalue weighted by Gasteiger charge is 2.11. The molecular formula is C19H20N2O2. The first kappa shape index (κ1) is 15.5. The molecule has 1 heterocycles. The Labute approximate surface area is 134 Å². The first-order valence-corrected chi connectivity index (χ1v) is 7.78. The molecule has 0 aliphatic rings. The summed E-state index contributed by atoms with van der Waals surface area (Å²) < 4.78 is 0. The molecule has 4 nitrogen and oxygen atoms in total. The molecule has 0 unspecified atom stereocenters. The van der Waals surface area contributed by atoms with E-state index < -0.39 is 0 Å². The predicted octanol–water partition coefficient (Wildman–Crippen LogP) is 2.74. The lowest BCUT2D eigenvalue weighted by Crippen LogP contribution is -2.25. The molecule has 1 atom stereocenters. The van der Waals surface area contributed by atoms with E-state index in [1.54, 1.807) is 0 Å². The summed E-state index contributed by atoms with van der Waals surface area (Å²) in [4.78, 5) is 15.1. The van der Waals surface area contributed by atoms with Crippen LogP contribution in [-0.2, 0) is 6.54 Å². The van der Waals surface area contributed by atoms with E-state index in [0.717, 1.165) is 16.5 Å². The third-order valence-electron chi connectivity index (χ3n) is 3.99. The van der Waals surface area contributed by atoms with Gasteiger partial charge in [0, 0.05) is 30.3 Å². The molecule has 3 aromatic rings. The van der Waals surface area contributed by atoms with Crippen molar-refractivity contribution in [2.45, 2.75) is 19.0 Å². The summed E-state index contributed by atoms with van der Waals surface area (Å²) in [5, 5.41) is 13.7. The van der Waals surface area contributed by atoms with Gasteiger partial charge in [0.1, 0.15) is 0 Å². The van der Waals surface area contributed by atoms with Gasteiger partial charge in [0.2, 0.25) is 0 Å². The number of aliphatic hydroxyl groups is 1. The molecule has 0 spiro atoms. The molecule has 0 fully saturated rings. The van der Waals surface area contributed by atoms with Crippen molar-refractivity contribution >= 4 is 10.9 Å². The van der Waals surface area contributed by atoms with Crippen LogP contribution in [0.2, 0.25) is 0 Å². The number of fused-ring (bicyclic) bond motifs is 1. The second-order valence-electron chi connectivity index (χ2n) is 5.57. The van der Waals surface area contributed by atoms with Crippen LogP contribution in [0, 0.1) is 0 Å². The number of aromatic amines is 1. The number of benzene rings is 2. The fourth-order valence-electron chi connectivity index (χ4n) is 2.76. The minimum atomic E-state index is -0.0768. The largest absolute Gasteiger partial charge is 0.396 e. The molecule has 1 aromatic heterocycles. The summed E-state index contributed by atoms with van der Waals surface area (Å²) in [5.74, 6) is 0. The van der Waals surface area contributed by atoms with Crippen molar-refractivity contribution in [2.24, 2.45) is 0 Å². The minimum Gasteiger partial charge on any atom is -0.396 e. The van der Waals surface area contributed by atoms with Crippen molar-refractivity contribution in [2.75, 3.05) is 6.61 Å². The van der Waals surface area contributed by atoms with E-state index in [1.165, 1.54) is 0 Å². The Bertz CT molecular complexity index is 827. The lowest BCUT2D eigenvalue weighted by atomic mass is 10.0. The van der Waals surface area contributed by atoms with Crippen LogP contribution in [0.15, 0.2) is 65.5 Å². The zero-order valence-electron chi connectivity index (χ0n) is 12.8. The number of aliphatic hydroxyl groups excluding tert-OH is 1. The standard InChI is InChI=1S/C19H20N2O2/c22-11-10-17(14-6-2-1-3-7-14)20-13-16-12-15-8-4-5-9-18(15)21-19(16)23/h1-9,12,17,20,22H,10-11,13H2,(H,21,23)/t17-/m1/s1. The number of hydrogen-bond acceptors (Lipinski definition) is 3. The molecule has 3 N–H and O–H groups in total. The van der Waals surface area contributed by atoms with E-state index in [2.05, 4.69) is 10.3 Å². The third-order valence-corrected chi connectivity index (χ3v) is 3.99. The minimum absolute atomic E-state index is 0.0204. The van der Waals surface area contributed by atoms with Crippen molar-refractivity contribution in [1.29, 1.82) is 0 Å². The maximum absolute atomic E-state index is 12.2. The van der Waals surface area contributed by atoms with Crippen LogP contribution < -0.4 is 10.9 Å². The Morgan fingerprint density at radius 2 is 1.78 bits per heavy atom. The van der Waals surface area contributed by atoms with Gasteiger partial charge in [-0.3, -0.25) is 4.79 Å². The fourth-order valence-corrected chi connectivity index (χ4v) is 2.76. The van der Waals surface area contributed by atoms with Gasteiger partial charge in [0.25, 0.3) is 5.56 Å². The van der Waals surface area contributed by atoms with E-state index in [1.807, 2.05) is 60.7 Å². The highest BCUT2D eigenvalue weighted by molar-refractivity contribution is 5.78. The van der Waals surface area contributed by atoms with Gasteiger partial charge in [-0.2, -0.15) is 0 Å². The van der Waals surface area contributed by atoms with Gasteiger partial charge in [-0.1, -0.05) is 48.5 Å². The van der Waals surface area contributed by atoms with Crippen molar-refractivity contribution in [3.8, 4) is 0 Å². The third kappa shape index (κ3) is 3.67. The molecule has 0 saturated heterocycles. The molecule has 0 radical (unpaired) electrons. The van der Waals surface area contributed by atoms with Gasteiger partial charge < -0.3 is 15.4 Å². The van der Waals surface area contributed by atoms with E-state index >= 15 is 0 Å². The Balaban J connectivity index is 1.81. The van der Waals surface area contributed by atoms with Crippen LogP contribution in [0.5, 0.6) is 0 Å². The maximum Gasteiger partial charge on any atom is 0.252 e.